The summed E-state index contributed by atoms with van der Waals surface area (Å²) in [6, 6.07) is 0. The summed E-state index contributed by atoms with van der Waals surface area (Å²) in [7, 11) is 0. The lowest BCUT2D eigenvalue weighted by Gasteiger charge is -1.84. The number of hydrogen-bond acceptors (Lipinski definition) is 4. The van der Waals surface area contributed by atoms with Gasteiger partial charge in [0.25, 0.3) is 5.78 Å². The van der Waals surface area contributed by atoms with Gasteiger partial charge in [-0.25, -0.2) is 9.50 Å². The Bertz CT molecular complexity index is 325. The summed E-state index contributed by atoms with van der Waals surface area (Å²) in [5.41, 5.74) is 5.46. The Morgan fingerprint density at radius 2 is 2.30 bits per heavy atom. The maximum absolute atomic E-state index is 5.46. The van der Waals surface area contributed by atoms with E-state index in [0.29, 0.717) is 11.7 Å². The molecule has 0 aliphatic carbocycles. The van der Waals surface area contributed by atoms with Crippen LogP contribution < -0.4 is 5.73 Å². The van der Waals surface area contributed by atoms with Gasteiger partial charge in [0.15, 0.2) is 0 Å². The highest BCUT2D eigenvalue weighted by Gasteiger charge is 2.04. The zero-order valence-electron chi connectivity index (χ0n) is 5.37. The standard InChI is InChI=1S/C4H6N6/c1-2-6-8-4-9-7-3(5)10(2)4/h1H3,(H2,5,7)(H,8,9). The molecule has 2 aromatic rings. The average molecular weight is 138 g/mol. The topological polar surface area (TPSA) is 84.9 Å². The summed E-state index contributed by atoms with van der Waals surface area (Å²) in [5, 5.41) is 13.9. The molecule has 0 bridgehead atoms. The van der Waals surface area contributed by atoms with Crippen molar-refractivity contribution < 1.29 is 0 Å². The van der Waals surface area contributed by atoms with Gasteiger partial charge in [0, 0.05) is 0 Å². The lowest BCUT2D eigenvalue weighted by molar-refractivity contribution is 0.980. The van der Waals surface area contributed by atoms with E-state index in [1.165, 1.54) is 0 Å². The van der Waals surface area contributed by atoms with Gasteiger partial charge in [0.05, 0.1) is 0 Å². The SMILES string of the molecule is Cc1nnc2[nH]nc(N)n12. The molecule has 2 aromatic heterocycles. The van der Waals surface area contributed by atoms with E-state index in [4.69, 9.17) is 5.73 Å². The van der Waals surface area contributed by atoms with Crippen molar-refractivity contribution in [3.05, 3.63) is 5.82 Å². The molecule has 0 aromatic carbocycles. The van der Waals surface area contributed by atoms with Crippen molar-refractivity contribution >= 4 is 11.7 Å². The van der Waals surface area contributed by atoms with Crippen molar-refractivity contribution in [1.82, 2.24) is 24.8 Å². The molecule has 0 aliphatic rings. The number of H-pyrrole nitrogens is 1. The number of rotatable bonds is 0. The van der Waals surface area contributed by atoms with E-state index in [9.17, 15) is 0 Å². The first-order valence-corrected chi connectivity index (χ1v) is 2.80. The number of hydrogen-bond donors (Lipinski definition) is 2. The van der Waals surface area contributed by atoms with Crippen LogP contribution in [0.1, 0.15) is 5.82 Å². The van der Waals surface area contributed by atoms with Crippen LogP contribution in [0.2, 0.25) is 0 Å². The van der Waals surface area contributed by atoms with Crippen LogP contribution in [0.15, 0.2) is 0 Å². The van der Waals surface area contributed by atoms with E-state index in [0.717, 1.165) is 5.82 Å². The van der Waals surface area contributed by atoms with E-state index in [1.54, 1.807) is 4.40 Å². The van der Waals surface area contributed by atoms with E-state index < -0.39 is 0 Å². The zero-order chi connectivity index (χ0) is 7.14. The summed E-state index contributed by atoms with van der Waals surface area (Å²) >= 11 is 0. The lowest BCUT2D eigenvalue weighted by atomic mass is 10.7. The van der Waals surface area contributed by atoms with Crippen molar-refractivity contribution in [3.8, 4) is 0 Å². The van der Waals surface area contributed by atoms with E-state index in [2.05, 4.69) is 20.4 Å². The highest BCUT2D eigenvalue weighted by molar-refractivity contribution is 5.35. The molecule has 0 radical (unpaired) electrons. The number of fused-ring (bicyclic) bond motifs is 1. The second kappa shape index (κ2) is 1.47. The molecule has 0 saturated carbocycles. The Kier molecular flexibility index (Phi) is 0.765. The Morgan fingerprint density at radius 1 is 1.50 bits per heavy atom. The van der Waals surface area contributed by atoms with E-state index >= 15 is 0 Å². The number of aromatic nitrogens is 5. The highest BCUT2D eigenvalue weighted by atomic mass is 15.4. The van der Waals surface area contributed by atoms with Crippen LogP contribution >= 0.6 is 0 Å². The van der Waals surface area contributed by atoms with Gasteiger partial charge in [0.2, 0.25) is 5.95 Å². The summed E-state index contributed by atoms with van der Waals surface area (Å²) in [6.07, 6.45) is 0. The van der Waals surface area contributed by atoms with Crippen LogP contribution in [0.4, 0.5) is 5.95 Å². The molecular weight excluding hydrogens is 132 g/mol. The molecule has 52 valence electrons. The molecule has 0 aliphatic heterocycles. The fourth-order valence-electron chi connectivity index (χ4n) is 0.866. The zero-order valence-corrected chi connectivity index (χ0v) is 5.37. The van der Waals surface area contributed by atoms with Crippen LogP contribution in [-0.4, -0.2) is 24.8 Å². The van der Waals surface area contributed by atoms with Gasteiger partial charge in [-0.2, -0.15) is 0 Å². The third-order valence-corrected chi connectivity index (χ3v) is 1.32. The minimum Gasteiger partial charge on any atom is -0.368 e. The van der Waals surface area contributed by atoms with Gasteiger partial charge in [0.1, 0.15) is 5.82 Å². The van der Waals surface area contributed by atoms with Crippen LogP contribution in [0, 0.1) is 6.92 Å². The number of nitrogens with two attached hydrogens (primary N) is 1. The van der Waals surface area contributed by atoms with Gasteiger partial charge in [-0.3, -0.25) is 0 Å². The smallest absolute Gasteiger partial charge is 0.252 e. The number of anilines is 1. The minimum atomic E-state index is 0.387. The fraction of sp³-hybridized carbons (Fsp3) is 0.250. The molecule has 0 saturated heterocycles. The molecule has 2 rings (SSSR count). The second-order valence-electron chi connectivity index (χ2n) is 1.99. The number of aromatic amines is 1. The molecule has 6 nitrogen and oxygen atoms in total. The highest BCUT2D eigenvalue weighted by Crippen LogP contribution is 2.02. The summed E-state index contributed by atoms with van der Waals surface area (Å²) in [6.45, 7) is 1.81. The number of nitrogens with one attached hydrogen (secondary N) is 1. The molecule has 0 amide bonds. The predicted molar refractivity (Wildman–Crippen MR) is 34.3 cm³/mol. The van der Waals surface area contributed by atoms with Gasteiger partial charge in [-0.1, -0.05) is 0 Å². The van der Waals surface area contributed by atoms with Crippen molar-refractivity contribution in [2.45, 2.75) is 6.92 Å². The predicted octanol–water partition coefficient (Wildman–Crippen LogP) is -0.657. The molecule has 10 heavy (non-hydrogen) atoms. The normalized spacial score (nSPS) is 10.9. The lowest BCUT2D eigenvalue weighted by Crippen LogP contribution is -1.94. The molecule has 3 N–H and O–H groups in total. The number of aryl methyl sites for hydroxylation is 1. The van der Waals surface area contributed by atoms with Crippen molar-refractivity contribution in [2.24, 2.45) is 0 Å². The summed E-state index contributed by atoms with van der Waals surface area (Å²) in [4.78, 5) is 0. The monoisotopic (exact) mass is 138 g/mol. The van der Waals surface area contributed by atoms with Gasteiger partial charge in [-0.15, -0.1) is 15.3 Å². The van der Waals surface area contributed by atoms with E-state index in [1.807, 2.05) is 6.92 Å². The van der Waals surface area contributed by atoms with Crippen LogP contribution in [0.5, 0.6) is 0 Å². The number of nitrogen functional groups attached to an aromatic ring is 1. The largest absolute Gasteiger partial charge is 0.368 e. The van der Waals surface area contributed by atoms with Crippen LogP contribution in [0.25, 0.3) is 5.78 Å². The maximum Gasteiger partial charge on any atom is 0.252 e. The van der Waals surface area contributed by atoms with Crippen molar-refractivity contribution in [2.75, 3.05) is 5.73 Å². The first kappa shape index (κ1) is 5.21. The fourth-order valence-corrected chi connectivity index (χ4v) is 0.866. The van der Waals surface area contributed by atoms with Crippen LogP contribution in [0.3, 0.4) is 0 Å². The molecule has 0 unspecified atom stereocenters. The molecule has 6 heteroatoms. The molecule has 0 fully saturated rings. The Labute approximate surface area is 56.1 Å². The second-order valence-corrected chi connectivity index (χ2v) is 1.99. The summed E-state index contributed by atoms with van der Waals surface area (Å²) < 4.78 is 1.64. The number of nitrogens with zero attached hydrogens (tertiary/aromatic N) is 4. The minimum absolute atomic E-state index is 0.387. The third-order valence-electron chi connectivity index (χ3n) is 1.32. The first-order chi connectivity index (χ1) is 4.79. The van der Waals surface area contributed by atoms with Gasteiger partial charge < -0.3 is 5.73 Å². The summed E-state index contributed by atoms with van der Waals surface area (Å²) in [5.74, 6) is 1.70. The Balaban J connectivity index is 2.98. The van der Waals surface area contributed by atoms with E-state index in [-0.39, 0.29) is 0 Å². The molecule has 0 atom stereocenters. The van der Waals surface area contributed by atoms with Crippen molar-refractivity contribution in [1.29, 1.82) is 0 Å². The third kappa shape index (κ3) is 0.450. The Hall–Kier alpha value is -1.59. The quantitative estimate of drug-likeness (QED) is 0.506. The Morgan fingerprint density at radius 3 is 3.00 bits per heavy atom. The molecule has 0 spiro atoms. The van der Waals surface area contributed by atoms with Crippen molar-refractivity contribution in [3.63, 3.8) is 0 Å². The average Bonchev–Trinajstić information content (AvgIpc) is 2.40. The first-order valence-electron chi connectivity index (χ1n) is 2.80. The van der Waals surface area contributed by atoms with Gasteiger partial charge in [-0.05, 0) is 6.92 Å². The molecular formula is C4H6N6. The van der Waals surface area contributed by atoms with Crippen LogP contribution in [-0.2, 0) is 0 Å². The van der Waals surface area contributed by atoms with Gasteiger partial charge >= 0.3 is 0 Å². The maximum atomic E-state index is 5.46. The molecule has 2 heterocycles.